The second-order valence-corrected chi connectivity index (χ2v) is 6.98. The second-order valence-electron chi connectivity index (χ2n) is 6.98. The van der Waals surface area contributed by atoms with Gasteiger partial charge < -0.3 is 14.8 Å². The van der Waals surface area contributed by atoms with E-state index in [1.165, 1.54) is 5.52 Å². The fourth-order valence-corrected chi connectivity index (χ4v) is 3.79. The summed E-state index contributed by atoms with van der Waals surface area (Å²) >= 11 is 0. The highest BCUT2D eigenvalue weighted by molar-refractivity contribution is 5.80. The van der Waals surface area contributed by atoms with Crippen molar-refractivity contribution in [3.05, 3.63) is 54.4 Å². The summed E-state index contributed by atoms with van der Waals surface area (Å²) in [6.07, 6.45) is 5.21. The van der Waals surface area contributed by atoms with Gasteiger partial charge in [-0.05, 0) is 49.6 Å². The first-order chi connectivity index (χ1) is 13.3. The van der Waals surface area contributed by atoms with Gasteiger partial charge in [0.15, 0.2) is 0 Å². The van der Waals surface area contributed by atoms with Crippen LogP contribution in [-0.2, 0) is 17.9 Å². The standard InChI is InChI=1S/C21H25N5O/c1-2-26-19-6-4-3-5-18(19)24-21(26)25-13-9-17(10-14-25)20(27)23-15-16-7-11-22-12-8-16/h3-8,11-12,17H,2,9-10,13-15H2,1H3,(H,23,27). The van der Waals surface area contributed by atoms with Crippen LogP contribution in [0.5, 0.6) is 0 Å². The third kappa shape index (κ3) is 3.65. The van der Waals surface area contributed by atoms with E-state index < -0.39 is 0 Å². The number of para-hydroxylation sites is 2. The SMILES string of the molecule is CCn1c(N2CCC(C(=O)NCc3ccncc3)CC2)nc2ccccc21. The van der Waals surface area contributed by atoms with Gasteiger partial charge in [-0.2, -0.15) is 0 Å². The number of aryl methyl sites for hydroxylation is 1. The predicted molar refractivity (Wildman–Crippen MR) is 106 cm³/mol. The average Bonchev–Trinajstić information content (AvgIpc) is 3.11. The molecule has 0 aliphatic carbocycles. The van der Waals surface area contributed by atoms with Crippen molar-refractivity contribution in [2.45, 2.75) is 32.9 Å². The number of hydrogen-bond donors (Lipinski definition) is 1. The summed E-state index contributed by atoms with van der Waals surface area (Å²) in [5, 5.41) is 3.06. The number of aromatic nitrogens is 3. The van der Waals surface area contributed by atoms with E-state index in [2.05, 4.69) is 44.9 Å². The summed E-state index contributed by atoms with van der Waals surface area (Å²) in [4.78, 5) is 23.7. The molecule has 0 bridgehead atoms. The Balaban J connectivity index is 1.38. The number of piperidine rings is 1. The monoisotopic (exact) mass is 363 g/mol. The zero-order chi connectivity index (χ0) is 18.6. The number of pyridine rings is 1. The molecular formula is C21H25N5O. The molecule has 4 rings (SSSR count). The molecule has 2 aromatic heterocycles. The first kappa shape index (κ1) is 17.5. The number of rotatable bonds is 5. The van der Waals surface area contributed by atoms with Gasteiger partial charge >= 0.3 is 0 Å². The quantitative estimate of drug-likeness (QED) is 0.757. The molecule has 0 atom stereocenters. The largest absolute Gasteiger partial charge is 0.352 e. The molecule has 1 saturated heterocycles. The Bertz CT molecular complexity index is 913. The molecule has 0 saturated carbocycles. The number of nitrogens with zero attached hydrogens (tertiary/aromatic N) is 4. The molecule has 1 aliphatic rings. The summed E-state index contributed by atoms with van der Waals surface area (Å²) in [6.45, 7) is 5.32. The third-order valence-electron chi connectivity index (χ3n) is 5.32. The maximum atomic E-state index is 12.5. The molecule has 0 radical (unpaired) electrons. The predicted octanol–water partition coefficient (Wildman–Crippen LogP) is 2.98. The van der Waals surface area contributed by atoms with Crippen LogP contribution in [0.3, 0.4) is 0 Å². The lowest BCUT2D eigenvalue weighted by atomic mass is 9.96. The van der Waals surface area contributed by atoms with Crippen molar-refractivity contribution in [2.75, 3.05) is 18.0 Å². The summed E-state index contributed by atoms with van der Waals surface area (Å²) in [6, 6.07) is 12.1. The number of hydrogen-bond acceptors (Lipinski definition) is 4. The average molecular weight is 363 g/mol. The highest BCUT2D eigenvalue weighted by atomic mass is 16.1. The smallest absolute Gasteiger partial charge is 0.223 e. The summed E-state index contributed by atoms with van der Waals surface area (Å²) in [7, 11) is 0. The van der Waals surface area contributed by atoms with Crippen LogP contribution < -0.4 is 10.2 Å². The molecule has 140 valence electrons. The van der Waals surface area contributed by atoms with E-state index in [9.17, 15) is 4.79 Å². The van der Waals surface area contributed by atoms with Gasteiger partial charge in [0.2, 0.25) is 11.9 Å². The van der Waals surface area contributed by atoms with Gasteiger partial charge in [-0.25, -0.2) is 4.98 Å². The van der Waals surface area contributed by atoms with Gasteiger partial charge in [0.1, 0.15) is 0 Å². The fraction of sp³-hybridized carbons (Fsp3) is 0.381. The lowest BCUT2D eigenvalue weighted by molar-refractivity contribution is -0.125. The summed E-state index contributed by atoms with van der Waals surface area (Å²) < 4.78 is 2.26. The highest BCUT2D eigenvalue weighted by Gasteiger charge is 2.27. The van der Waals surface area contributed by atoms with E-state index in [1.807, 2.05) is 18.2 Å². The number of anilines is 1. The van der Waals surface area contributed by atoms with Crippen molar-refractivity contribution < 1.29 is 4.79 Å². The van der Waals surface area contributed by atoms with E-state index >= 15 is 0 Å². The van der Waals surface area contributed by atoms with Crippen LogP contribution in [0.4, 0.5) is 5.95 Å². The van der Waals surface area contributed by atoms with E-state index in [1.54, 1.807) is 12.4 Å². The maximum Gasteiger partial charge on any atom is 0.223 e. The zero-order valence-electron chi connectivity index (χ0n) is 15.6. The van der Waals surface area contributed by atoms with E-state index in [-0.39, 0.29) is 11.8 Å². The van der Waals surface area contributed by atoms with Crippen molar-refractivity contribution in [1.29, 1.82) is 0 Å². The normalized spacial score (nSPS) is 15.2. The van der Waals surface area contributed by atoms with Crippen LogP contribution >= 0.6 is 0 Å². The number of nitrogens with one attached hydrogen (secondary N) is 1. The van der Waals surface area contributed by atoms with Crippen molar-refractivity contribution in [2.24, 2.45) is 5.92 Å². The highest BCUT2D eigenvalue weighted by Crippen LogP contribution is 2.27. The first-order valence-corrected chi connectivity index (χ1v) is 9.63. The molecule has 1 amide bonds. The minimum absolute atomic E-state index is 0.0718. The number of carbonyl (C=O) groups is 1. The lowest BCUT2D eigenvalue weighted by Crippen LogP contribution is -2.41. The Labute approximate surface area is 159 Å². The van der Waals surface area contributed by atoms with E-state index in [4.69, 9.17) is 4.98 Å². The topological polar surface area (TPSA) is 63.1 Å². The second kappa shape index (κ2) is 7.78. The Morgan fingerprint density at radius 2 is 1.89 bits per heavy atom. The molecule has 1 fully saturated rings. The molecular weight excluding hydrogens is 338 g/mol. The Hall–Kier alpha value is -2.89. The lowest BCUT2D eigenvalue weighted by Gasteiger charge is -2.32. The Kier molecular flexibility index (Phi) is 5.05. The molecule has 1 N–H and O–H groups in total. The van der Waals surface area contributed by atoms with Crippen LogP contribution in [-0.4, -0.2) is 33.5 Å². The van der Waals surface area contributed by atoms with Crippen molar-refractivity contribution in [3.63, 3.8) is 0 Å². The molecule has 1 aliphatic heterocycles. The van der Waals surface area contributed by atoms with Crippen molar-refractivity contribution in [3.8, 4) is 0 Å². The minimum atomic E-state index is 0.0718. The Morgan fingerprint density at radius 3 is 2.63 bits per heavy atom. The van der Waals surface area contributed by atoms with Gasteiger partial charge in [-0.3, -0.25) is 9.78 Å². The molecule has 6 nitrogen and oxygen atoms in total. The number of imidazole rings is 1. The molecule has 3 aromatic rings. The number of carbonyl (C=O) groups excluding carboxylic acids is 1. The van der Waals surface area contributed by atoms with E-state index in [0.29, 0.717) is 6.54 Å². The fourth-order valence-electron chi connectivity index (χ4n) is 3.79. The van der Waals surface area contributed by atoms with Crippen molar-refractivity contribution in [1.82, 2.24) is 19.9 Å². The van der Waals surface area contributed by atoms with Crippen LogP contribution in [0.2, 0.25) is 0 Å². The number of amides is 1. The van der Waals surface area contributed by atoms with Crippen molar-refractivity contribution >= 4 is 22.9 Å². The van der Waals surface area contributed by atoms with Crippen LogP contribution in [0.15, 0.2) is 48.8 Å². The van der Waals surface area contributed by atoms with Gasteiger partial charge in [-0.1, -0.05) is 12.1 Å². The molecule has 1 aromatic carbocycles. The number of fused-ring (bicyclic) bond motifs is 1. The molecule has 6 heteroatoms. The van der Waals surface area contributed by atoms with Gasteiger partial charge in [0.05, 0.1) is 11.0 Å². The van der Waals surface area contributed by atoms with Gasteiger partial charge in [-0.15, -0.1) is 0 Å². The van der Waals surface area contributed by atoms with Gasteiger partial charge in [0, 0.05) is 44.5 Å². The van der Waals surface area contributed by atoms with Crippen LogP contribution in [0.25, 0.3) is 11.0 Å². The van der Waals surface area contributed by atoms with Crippen LogP contribution in [0.1, 0.15) is 25.3 Å². The van der Waals surface area contributed by atoms with Gasteiger partial charge in [0.25, 0.3) is 0 Å². The summed E-state index contributed by atoms with van der Waals surface area (Å²) in [5.74, 6) is 1.24. The maximum absolute atomic E-state index is 12.5. The first-order valence-electron chi connectivity index (χ1n) is 9.63. The Morgan fingerprint density at radius 1 is 1.15 bits per heavy atom. The zero-order valence-corrected chi connectivity index (χ0v) is 15.6. The minimum Gasteiger partial charge on any atom is -0.352 e. The molecule has 3 heterocycles. The molecule has 0 spiro atoms. The number of benzene rings is 1. The molecule has 0 unspecified atom stereocenters. The van der Waals surface area contributed by atoms with E-state index in [0.717, 1.165) is 49.5 Å². The third-order valence-corrected chi connectivity index (χ3v) is 5.32. The summed E-state index contributed by atoms with van der Waals surface area (Å²) in [5.41, 5.74) is 3.28. The van der Waals surface area contributed by atoms with Crippen LogP contribution in [0, 0.1) is 5.92 Å². The molecule has 27 heavy (non-hydrogen) atoms.